The molecule has 0 aliphatic carbocycles. The molecule has 0 saturated carbocycles. The van der Waals surface area contributed by atoms with E-state index in [0.717, 1.165) is 0 Å². The summed E-state index contributed by atoms with van der Waals surface area (Å²) >= 11 is 14.9. The van der Waals surface area contributed by atoms with Crippen molar-refractivity contribution in [3.63, 3.8) is 0 Å². The Bertz CT molecular complexity index is 849. The Morgan fingerprint density at radius 2 is 1.90 bits per heavy atom. The highest BCUT2D eigenvalue weighted by Crippen LogP contribution is 2.29. The first-order valence-electron chi connectivity index (χ1n) is 5.89. The number of aromatic nitrogens is 2. The van der Waals surface area contributed by atoms with E-state index in [4.69, 9.17) is 23.2 Å². The Hall–Kier alpha value is -1.17. The van der Waals surface area contributed by atoms with Crippen LogP contribution in [0.1, 0.15) is 5.82 Å². The molecule has 1 aromatic heterocycles. The van der Waals surface area contributed by atoms with Crippen molar-refractivity contribution in [2.24, 2.45) is 0 Å². The number of fused-ring (bicyclic) bond motifs is 1. The maximum absolute atomic E-state index is 14.2. The summed E-state index contributed by atoms with van der Waals surface area (Å²) < 4.78 is 29.9. The largest absolute Gasteiger partial charge is 0.292 e. The van der Waals surface area contributed by atoms with Crippen LogP contribution >= 0.6 is 39.1 Å². The second-order valence-electron chi connectivity index (χ2n) is 4.35. The molecule has 0 saturated heterocycles. The molecular formula is C14H7BrCl2F2N2. The van der Waals surface area contributed by atoms with Crippen molar-refractivity contribution in [2.75, 3.05) is 0 Å². The molecule has 0 unspecified atom stereocenters. The first kappa shape index (κ1) is 14.8. The predicted octanol–water partition coefficient (Wildman–Crippen LogP) is 5.46. The lowest BCUT2D eigenvalue weighted by Gasteiger charge is -2.09. The third-order valence-electron chi connectivity index (χ3n) is 3.04. The number of halogens is 5. The lowest BCUT2D eigenvalue weighted by atomic mass is 10.2. The van der Waals surface area contributed by atoms with Crippen molar-refractivity contribution in [1.29, 1.82) is 0 Å². The Balaban J connectivity index is 2.37. The zero-order chi connectivity index (χ0) is 15.1. The maximum atomic E-state index is 14.2. The highest BCUT2D eigenvalue weighted by atomic mass is 79.9. The second kappa shape index (κ2) is 5.55. The fourth-order valence-electron chi connectivity index (χ4n) is 2.14. The number of nitrogens with zero attached hydrogens (tertiary/aromatic N) is 2. The molecule has 0 aliphatic heterocycles. The topological polar surface area (TPSA) is 17.8 Å². The van der Waals surface area contributed by atoms with E-state index in [9.17, 15) is 8.78 Å². The molecule has 0 bridgehead atoms. The lowest BCUT2D eigenvalue weighted by molar-refractivity contribution is 0.617. The number of rotatable bonds is 2. The molecule has 0 aliphatic rings. The molecule has 1 heterocycles. The minimum atomic E-state index is -0.578. The normalized spacial score (nSPS) is 11.3. The Kier molecular flexibility index (Phi) is 3.90. The molecule has 7 heteroatoms. The van der Waals surface area contributed by atoms with Gasteiger partial charge in [-0.25, -0.2) is 13.8 Å². The standard InChI is InChI=1S/C14H7BrCl2F2N2/c15-7-1-2-12(10(19)3-7)21-13-4-8(17)9(18)5-11(13)20-14(21)6-16/h1-5H,6H2. The maximum Gasteiger partial charge on any atom is 0.148 e. The van der Waals surface area contributed by atoms with Gasteiger partial charge in [-0.2, -0.15) is 0 Å². The van der Waals surface area contributed by atoms with Crippen LogP contribution < -0.4 is 0 Å². The van der Waals surface area contributed by atoms with Crippen LogP contribution in [0.3, 0.4) is 0 Å². The van der Waals surface area contributed by atoms with E-state index in [1.54, 1.807) is 12.1 Å². The molecule has 2 aromatic carbocycles. The van der Waals surface area contributed by atoms with Crippen molar-refractivity contribution in [3.05, 3.63) is 57.3 Å². The summed E-state index contributed by atoms with van der Waals surface area (Å²) in [4.78, 5) is 4.23. The molecule has 3 rings (SSSR count). The van der Waals surface area contributed by atoms with Gasteiger partial charge in [0, 0.05) is 10.5 Å². The minimum Gasteiger partial charge on any atom is -0.292 e. The molecule has 2 nitrogen and oxygen atoms in total. The van der Waals surface area contributed by atoms with Gasteiger partial charge in [-0.05, 0) is 24.3 Å². The first-order chi connectivity index (χ1) is 10.0. The number of imidazole rings is 1. The molecule has 21 heavy (non-hydrogen) atoms. The second-order valence-corrected chi connectivity index (χ2v) is 5.94. The molecule has 0 amide bonds. The lowest BCUT2D eigenvalue weighted by Crippen LogP contribution is -2.02. The summed E-state index contributed by atoms with van der Waals surface area (Å²) in [5.41, 5.74) is 1.15. The van der Waals surface area contributed by atoms with Gasteiger partial charge >= 0.3 is 0 Å². The Labute approximate surface area is 137 Å². The molecule has 0 atom stereocenters. The van der Waals surface area contributed by atoms with Crippen molar-refractivity contribution >= 4 is 50.2 Å². The number of benzene rings is 2. The molecule has 108 valence electrons. The van der Waals surface area contributed by atoms with Crippen LogP contribution in [-0.2, 0) is 5.88 Å². The fourth-order valence-corrected chi connectivity index (χ4v) is 2.81. The average Bonchev–Trinajstić information content (AvgIpc) is 2.77. The Morgan fingerprint density at radius 3 is 2.57 bits per heavy atom. The SMILES string of the molecule is Fc1cc2nc(CCl)n(-c3ccc(Br)cc3F)c2cc1Cl. The quantitative estimate of drug-likeness (QED) is 0.530. The van der Waals surface area contributed by atoms with Gasteiger partial charge in [0.05, 0.1) is 27.6 Å². The van der Waals surface area contributed by atoms with Crippen LogP contribution in [0, 0.1) is 11.6 Å². The van der Waals surface area contributed by atoms with Gasteiger partial charge in [0.25, 0.3) is 0 Å². The zero-order valence-corrected chi connectivity index (χ0v) is 13.5. The van der Waals surface area contributed by atoms with Gasteiger partial charge in [0.1, 0.15) is 17.5 Å². The van der Waals surface area contributed by atoms with E-state index in [1.807, 2.05) is 0 Å². The number of hydrogen-bond acceptors (Lipinski definition) is 1. The van der Waals surface area contributed by atoms with Crippen molar-refractivity contribution in [3.8, 4) is 5.69 Å². The van der Waals surface area contributed by atoms with Crippen LogP contribution in [0.2, 0.25) is 5.02 Å². The van der Waals surface area contributed by atoms with E-state index in [-0.39, 0.29) is 16.6 Å². The molecular weight excluding hydrogens is 385 g/mol. The van der Waals surface area contributed by atoms with Gasteiger partial charge in [0.15, 0.2) is 0 Å². The van der Waals surface area contributed by atoms with E-state index in [1.165, 1.54) is 22.8 Å². The zero-order valence-electron chi connectivity index (χ0n) is 10.4. The molecule has 0 spiro atoms. The fraction of sp³-hybridized carbons (Fsp3) is 0.0714. The van der Waals surface area contributed by atoms with Crippen LogP contribution in [0.5, 0.6) is 0 Å². The van der Waals surface area contributed by atoms with Crippen LogP contribution in [-0.4, -0.2) is 9.55 Å². The molecule has 0 radical (unpaired) electrons. The number of alkyl halides is 1. The van der Waals surface area contributed by atoms with Gasteiger partial charge in [0.2, 0.25) is 0 Å². The summed E-state index contributed by atoms with van der Waals surface area (Å²) in [6.07, 6.45) is 0. The average molecular weight is 392 g/mol. The molecule has 0 fully saturated rings. The summed E-state index contributed by atoms with van der Waals surface area (Å²) in [5.74, 6) is -0.556. The highest BCUT2D eigenvalue weighted by Gasteiger charge is 2.17. The van der Waals surface area contributed by atoms with Gasteiger partial charge in [-0.15, -0.1) is 11.6 Å². The summed E-state index contributed by atoms with van der Waals surface area (Å²) in [5, 5.41) is -0.0534. The van der Waals surface area contributed by atoms with Gasteiger partial charge < -0.3 is 0 Å². The first-order valence-corrected chi connectivity index (χ1v) is 7.59. The minimum absolute atomic E-state index is 0.0534. The molecule has 3 aromatic rings. The number of hydrogen-bond donors (Lipinski definition) is 0. The van der Waals surface area contributed by atoms with Crippen LogP contribution in [0.15, 0.2) is 34.8 Å². The Morgan fingerprint density at radius 1 is 1.14 bits per heavy atom. The van der Waals surface area contributed by atoms with E-state index in [0.29, 0.717) is 21.3 Å². The van der Waals surface area contributed by atoms with Crippen LogP contribution in [0.25, 0.3) is 16.7 Å². The van der Waals surface area contributed by atoms with Crippen LogP contribution in [0.4, 0.5) is 8.78 Å². The van der Waals surface area contributed by atoms with Gasteiger partial charge in [-0.3, -0.25) is 4.57 Å². The van der Waals surface area contributed by atoms with E-state index >= 15 is 0 Å². The smallest absolute Gasteiger partial charge is 0.148 e. The van der Waals surface area contributed by atoms with Gasteiger partial charge in [-0.1, -0.05) is 27.5 Å². The third-order valence-corrected chi connectivity index (χ3v) is 4.06. The van der Waals surface area contributed by atoms with E-state index in [2.05, 4.69) is 20.9 Å². The van der Waals surface area contributed by atoms with Crippen molar-refractivity contribution < 1.29 is 8.78 Å². The molecule has 0 N–H and O–H groups in total. The summed E-state index contributed by atoms with van der Waals surface area (Å²) in [6, 6.07) is 7.25. The predicted molar refractivity (Wildman–Crippen MR) is 83.3 cm³/mol. The summed E-state index contributed by atoms with van der Waals surface area (Å²) in [7, 11) is 0. The van der Waals surface area contributed by atoms with Crippen molar-refractivity contribution in [2.45, 2.75) is 5.88 Å². The third kappa shape index (κ3) is 2.54. The van der Waals surface area contributed by atoms with E-state index < -0.39 is 11.6 Å². The monoisotopic (exact) mass is 390 g/mol. The highest BCUT2D eigenvalue weighted by molar-refractivity contribution is 9.10. The summed E-state index contributed by atoms with van der Waals surface area (Å²) in [6.45, 7) is 0. The van der Waals surface area contributed by atoms with Crippen molar-refractivity contribution in [1.82, 2.24) is 9.55 Å².